The summed E-state index contributed by atoms with van der Waals surface area (Å²) < 4.78 is 3.78. The molecular formula is C8H12N4S. The van der Waals surface area contributed by atoms with Crippen LogP contribution in [0.4, 0.5) is 0 Å². The first-order chi connectivity index (χ1) is 6.38. The van der Waals surface area contributed by atoms with Crippen molar-refractivity contribution in [3.05, 3.63) is 11.1 Å². The van der Waals surface area contributed by atoms with Gasteiger partial charge in [-0.05, 0) is 24.4 Å². The van der Waals surface area contributed by atoms with Gasteiger partial charge in [-0.1, -0.05) is 4.49 Å². The van der Waals surface area contributed by atoms with Crippen LogP contribution in [0.1, 0.15) is 30.2 Å². The highest BCUT2D eigenvalue weighted by molar-refractivity contribution is 7.05. The number of aromatic nitrogens is 2. The molecule has 5 heteroatoms. The molecule has 3 N–H and O–H groups in total. The summed E-state index contributed by atoms with van der Waals surface area (Å²) in [5.74, 6) is 7.99. The average Bonchev–Trinajstić information content (AvgIpc) is 2.65. The number of hydrogen-bond donors (Lipinski definition) is 2. The molecule has 70 valence electrons. The van der Waals surface area contributed by atoms with Crippen LogP contribution in [0.2, 0.25) is 0 Å². The van der Waals surface area contributed by atoms with E-state index in [9.17, 15) is 0 Å². The lowest BCUT2D eigenvalue weighted by atomic mass is 10.1. The highest BCUT2D eigenvalue weighted by Crippen LogP contribution is 2.19. The van der Waals surface area contributed by atoms with Gasteiger partial charge in [-0.15, -0.1) is 17.4 Å². The zero-order chi connectivity index (χ0) is 9.52. The Morgan fingerprint density at radius 2 is 2.62 bits per heavy atom. The number of hydrazine groups is 1. The summed E-state index contributed by atoms with van der Waals surface area (Å²) in [6.45, 7) is 0. The Hall–Kier alpha value is -0.960. The molecule has 0 saturated heterocycles. The van der Waals surface area contributed by atoms with Crippen LogP contribution in [-0.4, -0.2) is 9.59 Å². The molecule has 1 unspecified atom stereocenters. The molecular weight excluding hydrogens is 184 g/mol. The summed E-state index contributed by atoms with van der Waals surface area (Å²) in [5.41, 5.74) is 2.73. The fourth-order valence-electron chi connectivity index (χ4n) is 1.04. The maximum Gasteiger partial charge on any atom is 0.0669 e. The minimum absolute atomic E-state index is 0.133. The van der Waals surface area contributed by atoms with Crippen molar-refractivity contribution < 1.29 is 0 Å². The molecule has 1 atom stereocenters. The monoisotopic (exact) mass is 196 g/mol. The van der Waals surface area contributed by atoms with Crippen LogP contribution in [0.5, 0.6) is 0 Å². The van der Waals surface area contributed by atoms with E-state index in [4.69, 9.17) is 12.3 Å². The minimum Gasteiger partial charge on any atom is -0.271 e. The van der Waals surface area contributed by atoms with Gasteiger partial charge in [0.1, 0.15) is 0 Å². The van der Waals surface area contributed by atoms with E-state index >= 15 is 0 Å². The van der Waals surface area contributed by atoms with Crippen LogP contribution in [0, 0.1) is 12.3 Å². The standard InChI is InChI=1S/C8H12N4S/c1-2-3-4-5-7(11-9)8-6-10-12-13-8/h1,6-7,11H,3-5,9H2. The highest BCUT2D eigenvalue weighted by Gasteiger charge is 2.10. The van der Waals surface area contributed by atoms with E-state index in [1.807, 2.05) is 0 Å². The van der Waals surface area contributed by atoms with Crippen LogP contribution in [0.15, 0.2) is 6.20 Å². The second kappa shape index (κ2) is 5.65. The predicted molar refractivity (Wildman–Crippen MR) is 52.7 cm³/mol. The van der Waals surface area contributed by atoms with Gasteiger partial charge in [-0.2, -0.15) is 0 Å². The van der Waals surface area contributed by atoms with E-state index < -0.39 is 0 Å². The summed E-state index contributed by atoms with van der Waals surface area (Å²) in [4.78, 5) is 1.06. The lowest BCUT2D eigenvalue weighted by molar-refractivity contribution is 0.509. The third kappa shape index (κ3) is 3.11. The highest BCUT2D eigenvalue weighted by atomic mass is 32.1. The smallest absolute Gasteiger partial charge is 0.0669 e. The number of nitrogens with one attached hydrogen (secondary N) is 1. The Labute approximate surface area is 81.7 Å². The molecule has 0 aliphatic heterocycles. The fraction of sp³-hybridized carbons (Fsp3) is 0.500. The molecule has 0 radical (unpaired) electrons. The van der Waals surface area contributed by atoms with E-state index in [0.717, 1.165) is 24.1 Å². The lowest BCUT2D eigenvalue weighted by Gasteiger charge is -2.11. The molecule has 1 aromatic heterocycles. The quantitative estimate of drug-likeness (QED) is 0.317. The summed E-state index contributed by atoms with van der Waals surface area (Å²) in [7, 11) is 0. The molecule has 0 aromatic carbocycles. The summed E-state index contributed by atoms with van der Waals surface area (Å²) >= 11 is 1.36. The van der Waals surface area contributed by atoms with Crippen LogP contribution >= 0.6 is 11.5 Å². The second-order valence-corrected chi connectivity index (χ2v) is 3.45. The zero-order valence-corrected chi connectivity index (χ0v) is 8.05. The third-order valence-electron chi connectivity index (χ3n) is 1.74. The Bertz CT molecular complexity index is 264. The first-order valence-corrected chi connectivity index (χ1v) is 4.82. The Kier molecular flexibility index (Phi) is 4.40. The molecule has 1 heterocycles. The van der Waals surface area contributed by atoms with E-state index in [-0.39, 0.29) is 6.04 Å². The molecule has 4 nitrogen and oxygen atoms in total. The Balaban J connectivity index is 2.41. The number of rotatable bonds is 5. The maximum absolute atomic E-state index is 5.40. The third-order valence-corrected chi connectivity index (χ3v) is 2.51. The molecule has 1 rings (SSSR count). The fourth-order valence-corrected chi connectivity index (χ4v) is 1.64. The van der Waals surface area contributed by atoms with Gasteiger partial charge < -0.3 is 0 Å². The van der Waals surface area contributed by atoms with Gasteiger partial charge in [-0.3, -0.25) is 11.3 Å². The topological polar surface area (TPSA) is 63.8 Å². The number of nitrogens with two attached hydrogens (primary N) is 1. The average molecular weight is 196 g/mol. The van der Waals surface area contributed by atoms with Gasteiger partial charge >= 0.3 is 0 Å². The van der Waals surface area contributed by atoms with Gasteiger partial charge in [0.15, 0.2) is 0 Å². The number of hydrogen-bond acceptors (Lipinski definition) is 5. The van der Waals surface area contributed by atoms with Crippen molar-refractivity contribution in [3.8, 4) is 12.3 Å². The number of nitrogens with zero attached hydrogens (tertiary/aromatic N) is 2. The first-order valence-electron chi connectivity index (χ1n) is 4.05. The van der Waals surface area contributed by atoms with Crippen molar-refractivity contribution >= 4 is 11.5 Å². The molecule has 0 amide bonds. The molecule has 1 aromatic rings. The first kappa shape index (κ1) is 10.1. The summed E-state index contributed by atoms with van der Waals surface area (Å²) in [6.07, 6.45) is 9.54. The van der Waals surface area contributed by atoms with E-state index in [1.165, 1.54) is 11.5 Å². The molecule has 13 heavy (non-hydrogen) atoms. The van der Waals surface area contributed by atoms with Gasteiger partial charge in [0.2, 0.25) is 0 Å². The van der Waals surface area contributed by atoms with Crippen LogP contribution < -0.4 is 11.3 Å². The normalized spacial score (nSPS) is 12.3. The second-order valence-electron chi connectivity index (χ2n) is 2.64. The molecule has 0 spiro atoms. The number of unbranched alkanes of at least 4 members (excludes halogenated alkanes) is 1. The van der Waals surface area contributed by atoms with E-state index in [1.54, 1.807) is 6.20 Å². The van der Waals surface area contributed by atoms with Gasteiger partial charge in [0, 0.05) is 6.42 Å². The molecule has 0 fully saturated rings. The zero-order valence-electron chi connectivity index (χ0n) is 7.23. The maximum atomic E-state index is 5.40. The van der Waals surface area contributed by atoms with E-state index in [2.05, 4.69) is 20.9 Å². The lowest BCUT2D eigenvalue weighted by Crippen LogP contribution is -2.27. The van der Waals surface area contributed by atoms with Crippen molar-refractivity contribution in [1.82, 2.24) is 15.0 Å². The van der Waals surface area contributed by atoms with Crippen molar-refractivity contribution in [2.75, 3.05) is 0 Å². The molecule has 0 bridgehead atoms. The van der Waals surface area contributed by atoms with Gasteiger partial charge in [0.25, 0.3) is 0 Å². The SMILES string of the molecule is C#CCCCC(NN)c1cnns1. The van der Waals surface area contributed by atoms with Crippen molar-refractivity contribution in [3.63, 3.8) is 0 Å². The summed E-state index contributed by atoms with van der Waals surface area (Å²) in [6, 6.07) is 0.133. The number of terminal acetylenes is 1. The van der Waals surface area contributed by atoms with Crippen molar-refractivity contribution in [1.29, 1.82) is 0 Å². The molecule has 0 aliphatic carbocycles. The van der Waals surface area contributed by atoms with Crippen LogP contribution in [-0.2, 0) is 0 Å². The van der Waals surface area contributed by atoms with Crippen LogP contribution in [0.3, 0.4) is 0 Å². The Morgan fingerprint density at radius 3 is 3.15 bits per heavy atom. The molecule has 0 saturated carbocycles. The van der Waals surface area contributed by atoms with Crippen molar-refractivity contribution in [2.45, 2.75) is 25.3 Å². The van der Waals surface area contributed by atoms with Gasteiger partial charge in [0.05, 0.1) is 17.1 Å². The largest absolute Gasteiger partial charge is 0.271 e. The Morgan fingerprint density at radius 1 is 1.77 bits per heavy atom. The van der Waals surface area contributed by atoms with E-state index in [0.29, 0.717) is 0 Å². The van der Waals surface area contributed by atoms with Crippen molar-refractivity contribution in [2.24, 2.45) is 5.84 Å². The van der Waals surface area contributed by atoms with Crippen LogP contribution in [0.25, 0.3) is 0 Å². The minimum atomic E-state index is 0.133. The molecule has 0 aliphatic rings. The summed E-state index contributed by atoms with van der Waals surface area (Å²) in [5, 5.41) is 3.75. The predicted octanol–water partition coefficient (Wildman–Crippen LogP) is 0.846. The van der Waals surface area contributed by atoms with Gasteiger partial charge in [-0.25, -0.2) is 0 Å².